The highest BCUT2D eigenvalue weighted by Gasteiger charge is 2.12. The molecule has 0 aliphatic rings. The number of hydrogen-bond donors (Lipinski definition) is 0. The number of benzene rings is 1. The maximum Gasteiger partial charge on any atom is 0.133 e. The zero-order chi connectivity index (χ0) is 13.3. The second-order valence-corrected chi connectivity index (χ2v) is 4.53. The van der Waals surface area contributed by atoms with Crippen molar-refractivity contribution in [2.24, 2.45) is 7.05 Å². The standard InChI is InChI=1S/C13H14ClFN2O/c1-8-4-5-10(15)6-12(8)18-7-11-9(2)16-17(3)13(11)14/h4-6H,7H2,1-3H3. The molecule has 0 atom stereocenters. The van der Waals surface area contributed by atoms with E-state index in [1.807, 2.05) is 13.8 Å². The number of halogens is 2. The molecule has 0 unspecified atom stereocenters. The molecule has 18 heavy (non-hydrogen) atoms. The summed E-state index contributed by atoms with van der Waals surface area (Å²) >= 11 is 6.10. The van der Waals surface area contributed by atoms with Crippen LogP contribution in [0.4, 0.5) is 4.39 Å². The van der Waals surface area contributed by atoms with Crippen LogP contribution in [0.3, 0.4) is 0 Å². The van der Waals surface area contributed by atoms with Crippen LogP contribution in [0.15, 0.2) is 18.2 Å². The van der Waals surface area contributed by atoms with Crippen LogP contribution in [-0.4, -0.2) is 9.78 Å². The van der Waals surface area contributed by atoms with Gasteiger partial charge in [0, 0.05) is 18.7 Å². The van der Waals surface area contributed by atoms with Gasteiger partial charge in [-0.05, 0) is 25.5 Å². The molecule has 2 rings (SSSR count). The van der Waals surface area contributed by atoms with Gasteiger partial charge in [-0.3, -0.25) is 4.68 Å². The maximum absolute atomic E-state index is 13.1. The Morgan fingerprint density at radius 2 is 2.11 bits per heavy atom. The van der Waals surface area contributed by atoms with Gasteiger partial charge in [-0.25, -0.2) is 4.39 Å². The summed E-state index contributed by atoms with van der Waals surface area (Å²) in [7, 11) is 1.77. The van der Waals surface area contributed by atoms with Crippen molar-refractivity contribution in [1.82, 2.24) is 9.78 Å². The van der Waals surface area contributed by atoms with Gasteiger partial charge in [0.2, 0.25) is 0 Å². The van der Waals surface area contributed by atoms with E-state index in [1.165, 1.54) is 12.1 Å². The smallest absolute Gasteiger partial charge is 0.133 e. The highest BCUT2D eigenvalue weighted by Crippen LogP contribution is 2.23. The van der Waals surface area contributed by atoms with Gasteiger partial charge in [-0.15, -0.1) is 0 Å². The second kappa shape index (κ2) is 4.98. The third kappa shape index (κ3) is 2.48. The molecule has 0 radical (unpaired) electrons. The summed E-state index contributed by atoms with van der Waals surface area (Å²) in [5, 5.41) is 4.74. The lowest BCUT2D eigenvalue weighted by Gasteiger charge is -2.09. The Hall–Kier alpha value is -1.55. The summed E-state index contributed by atoms with van der Waals surface area (Å²) in [6.45, 7) is 4.01. The molecule has 0 bridgehead atoms. The Bertz CT molecular complexity index is 581. The van der Waals surface area contributed by atoms with Crippen molar-refractivity contribution in [3.8, 4) is 5.75 Å². The first-order chi connectivity index (χ1) is 8.49. The molecule has 0 N–H and O–H groups in total. The van der Waals surface area contributed by atoms with Gasteiger partial charge in [0.15, 0.2) is 0 Å². The van der Waals surface area contributed by atoms with Gasteiger partial charge < -0.3 is 4.74 Å². The molecular formula is C13H14ClFN2O. The fourth-order valence-electron chi connectivity index (χ4n) is 1.72. The minimum atomic E-state index is -0.315. The van der Waals surface area contributed by atoms with Crippen LogP contribution < -0.4 is 4.74 Å². The highest BCUT2D eigenvalue weighted by atomic mass is 35.5. The molecule has 0 saturated heterocycles. The first-order valence-electron chi connectivity index (χ1n) is 5.56. The number of rotatable bonds is 3. The number of nitrogens with zero attached hydrogens (tertiary/aromatic N) is 2. The fourth-order valence-corrected chi connectivity index (χ4v) is 1.95. The van der Waals surface area contributed by atoms with Crippen LogP contribution >= 0.6 is 11.6 Å². The summed E-state index contributed by atoms with van der Waals surface area (Å²) in [5.41, 5.74) is 2.52. The molecular weight excluding hydrogens is 255 g/mol. The largest absolute Gasteiger partial charge is 0.488 e. The van der Waals surface area contributed by atoms with Crippen LogP contribution in [0, 0.1) is 19.7 Å². The molecule has 0 aliphatic heterocycles. The highest BCUT2D eigenvalue weighted by molar-refractivity contribution is 6.30. The van der Waals surface area contributed by atoms with Crippen LogP contribution in [0.25, 0.3) is 0 Å². The third-order valence-corrected chi connectivity index (χ3v) is 3.26. The Balaban J connectivity index is 2.19. The molecule has 0 aliphatic carbocycles. The number of aryl methyl sites for hydroxylation is 3. The van der Waals surface area contributed by atoms with E-state index >= 15 is 0 Å². The van der Waals surface area contributed by atoms with E-state index in [2.05, 4.69) is 5.10 Å². The summed E-state index contributed by atoms with van der Waals surface area (Å²) < 4.78 is 20.3. The molecule has 1 aromatic carbocycles. The normalized spacial score (nSPS) is 10.7. The molecule has 0 saturated carbocycles. The molecule has 2 aromatic rings. The van der Waals surface area contributed by atoms with Gasteiger partial charge in [0.25, 0.3) is 0 Å². The SMILES string of the molecule is Cc1ccc(F)cc1OCc1c(C)nn(C)c1Cl. The monoisotopic (exact) mass is 268 g/mol. The van der Waals surface area contributed by atoms with E-state index in [0.29, 0.717) is 10.9 Å². The second-order valence-electron chi connectivity index (χ2n) is 4.18. The van der Waals surface area contributed by atoms with Gasteiger partial charge >= 0.3 is 0 Å². The number of hydrogen-bond acceptors (Lipinski definition) is 2. The Morgan fingerprint density at radius 1 is 1.39 bits per heavy atom. The van der Waals surface area contributed by atoms with E-state index in [0.717, 1.165) is 16.8 Å². The molecule has 96 valence electrons. The minimum absolute atomic E-state index is 0.281. The summed E-state index contributed by atoms with van der Waals surface area (Å²) in [5.74, 6) is 0.207. The average molecular weight is 269 g/mol. The van der Waals surface area contributed by atoms with Gasteiger partial charge in [-0.2, -0.15) is 5.10 Å². The van der Waals surface area contributed by atoms with Crippen molar-refractivity contribution in [3.05, 3.63) is 46.0 Å². The van der Waals surface area contributed by atoms with E-state index in [9.17, 15) is 4.39 Å². The Kier molecular flexibility index (Phi) is 3.57. The lowest BCUT2D eigenvalue weighted by molar-refractivity contribution is 0.301. The van der Waals surface area contributed by atoms with E-state index < -0.39 is 0 Å². The predicted octanol–water partition coefficient (Wildman–Crippen LogP) is 3.41. The summed E-state index contributed by atoms with van der Waals surface area (Å²) in [6, 6.07) is 4.46. The maximum atomic E-state index is 13.1. The Morgan fingerprint density at radius 3 is 2.72 bits per heavy atom. The molecule has 5 heteroatoms. The van der Waals surface area contributed by atoms with Crippen molar-refractivity contribution >= 4 is 11.6 Å². The van der Waals surface area contributed by atoms with Crippen molar-refractivity contribution in [2.45, 2.75) is 20.5 Å². The Labute approximate surface area is 110 Å². The minimum Gasteiger partial charge on any atom is -0.488 e. The van der Waals surface area contributed by atoms with Crippen LogP contribution in [0.2, 0.25) is 5.15 Å². The molecule has 3 nitrogen and oxygen atoms in total. The first-order valence-corrected chi connectivity index (χ1v) is 5.93. The van der Waals surface area contributed by atoms with Crippen LogP contribution in [0.5, 0.6) is 5.75 Å². The van der Waals surface area contributed by atoms with Crippen LogP contribution in [-0.2, 0) is 13.7 Å². The average Bonchev–Trinajstić information content (AvgIpc) is 2.55. The number of aromatic nitrogens is 2. The molecule has 0 spiro atoms. The molecule has 0 amide bonds. The first kappa shape index (κ1) is 12.9. The predicted molar refractivity (Wildman–Crippen MR) is 68.4 cm³/mol. The van der Waals surface area contributed by atoms with Gasteiger partial charge in [0.05, 0.1) is 5.69 Å². The lowest BCUT2D eigenvalue weighted by Crippen LogP contribution is -1.99. The molecule has 1 aromatic heterocycles. The van der Waals surface area contributed by atoms with E-state index in [4.69, 9.17) is 16.3 Å². The zero-order valence-corrected chi connectivity index (χ0v) is 11.3. The van der Waals surface area contributed by atoms with E-state index in [1.54, 1.807) is 17.8 Å². The van der Waals surface area contributed by atoms with Gasteiger partial charge in [-0.1, -0.05) is 17.7 Å². The zero-order valence-electron chi connectivity index (χ0n) is 10.5. The summed E-state index contributed by atoms with van der Waals surface area (Å²) in [6.07, 6.45) is 0. The topological polar surface area (TPSA) is 27.1 Å². The molecule has 1 heterocycles. The van der Waals surface area contributed by atoms with Crippen molar-refractivity contribution < 1.29 is 9.13 Å². The third-order valence-electron chi connectivity index (χ3n) is 2.79. The quantitative estimate of drug-likeness (QED) is 0.853. The van der Waals surface area contributed by atoms with Crippen LogP contribution in [0.1, 0.15) is 16.8 Å². The lowest BCUT2D eigenvalue weighted by atomic mass is 10.2. The van der Waals surface area contributed by atoms with Crippen molar-refractivity contribution in [1.29, 1.82) is 0 Å². The fraction of sp³-hybridized carbons (Fsp3) is 0.308. The van der Waals surface area contributed by atoms with Gasteiger partial charge in [0.1, 0.15) is 23.3 Å². The van der Waals surface area contributed by atoms with Crippen molar-refractivity contribution in [2.75, 3.05) is 0 Å². The van der Waals surface area contributed by atoms with E-state index in [-0.39, 0.29) is 12.4 Å². The number of ether oxygens (including phenoxy) is 1. The summed E-state index contributed by atoms with van der Waals surface area (Å²) in [4.78, 5) is 0. The molecule has 0 fully saturated rings. The van der Waals surface area contributed by atoms with Crippen molar-refractivity contribution in [3.63, 3.8) is 0 Å².